The number of allylic oxidation sites excluding steroid dienone is 1. The van der Waals surface area contributed by atoms with Crippen LogP contribution in [0.4, 0.5) is 0 Å². The Bertz CT molecular complexity index is 1170. The lowest BCUT2D eigenvalue weighted by molar-refractivity contribution is -0.133. The molecule has 0 spiro atoms. The van der Waals surface area contributed by atoms with Crippen LogP contribution in [0.5, 0.6) is 0 Å². The van der Waals surface area contributed by atoms with Crippen LogP contribution in [0, 0.1) is 13.8 Å². The van der Waals surface area contributed by atoms with Crippen LogP contribution in [0.2, 0.25) is 0 Å². The van der Waals surface area contributed by atoms with Crippen molar-refractivity contribution in [1.29, 1.82) is 0 Å². The number of aryl methyl sites for hydroxylation is 2. The minimum atomic E-state index is -0.880. The number of benzene rings is 3. The Morgan fingerprint density at radius 2 is 1.45 bits per heavy atom. The topological polar surface area (TPSA) is 40.5 Å². The summed E-state index contributed by atoms with van der Waals surface area (Å²) in [6, 6.07) is 26.7. The molecule has 0 radical (unpaired) electrons. The standard InChI is InChI=1S/C30H29NO2/c1-22-11-6-8-15-25(22)28(26-16-9-7-12-23(26)2)17-10-19-31-20-18-27(29(21-31)30(32)33)24-13-4-3-5-14-24/h3-9,11-18,20-21,27H,10,19H2,1-2H3,(H,32,33). The third kappa shape index (κ3) is 5.15. The number of carboxylic acid groups (broad SMARTS) is 1. The molecule has 1 N–H and O–H groups in total. The fourth-order valence-corrected chi connectivity index (χ4v) is 4.35. The van der Waals surface area contributed by atoms with E-state index in [1.807, 2.05) is 47.5 Å². The van der Waals surface area contributed by atoms with Crippen molar-refractivity contribution in [3.8, 4) is 0 Å². The first-order valence-corrected chi connectivity index (χ1v) is 11.3. The molecular weight excluding hydrogens is 406 g/mol. The second-order valence-electron chi connectivity index (χ2n) is 8.39. The van der Waals surface area contributed by atoms with E-state index >= 15 is 0 Å². The molecule has 3 nitrogen and oxygen atoms in total. The maximum atomic E-state index is 12.0. The highest BCUT2D eigenvalue weighted by atomic mass is 16.4. The van der Waals surface area contributed by atoms with Crippen LogP contribution in [-0.2, 0) is 4.79 Å². The maximum Gasteiger partial charge on any atom is 0.334 e. The Kier molecular flexibility index (Phi) is 6.89. The van der Waals surface area contributed by atoms with E-state index in [1.54, 1.807) is 6.20 Å². The SMILES string of the molecule is Cc1ccccc1C(=CCCN1C=CC(c2ccccc2)C(C(=O)O)=C1)c1ccccc1C. The van der Waals surface area contributed by atoms with Gasteiger partial charge in [-0.1, -0.05) is 91.0 Å². The summed E-state index contributed by atoms with van der Waals surface area (Å²) in [7, 11) is 0. The molecule has 3 aromatic rings. The summed E-state index contributed by atoms with van der Waals surface area (Å²) < 4.78 is 0. The lowest BCUT2D eigenvalue weighted by Gasteiger charge is -2.25. The molecule has 33 heavy (non-hydrogen) atoms. The third-order valence-corrected chi connectivity index (χ3v) is 6.12. The Hall–Kier alpha value is -3.85. The third-order valence-electron chi connectivity index (χ3n) is 6.12. The molecule has 3 aromatic carbocycles. The molecule has 0 saturated carbocycles. The monoisotopic (exact) mass is 435 g/mol. The molecule has 0 aromatic heterocycles. The average molecular weight is 436 g/mol. The van der Waals surface area contributed by atoms with Crippen molar-refractivity contribution in [3.63, 3.8) is 0 Å². The van der Waals surface area contributed by atoms with Gasteiger partial charge >= 0.3 is 5.97 Å². The van der Waals surface area contributed by atoms with Gasteiger partial charge in [0.1, 0.15) is 0 Å². The Morgan fingerprint density at radius 1 is 0.879 bits per heavy atom. The zero-order chi connectivity index (χ0) is 23.2. The highest BCUT2D eigenvalue weighted by molar-refractivity contribution is 5.89. The first-order chi connectivity index (χ1) is 16.0. The highest BCUT2D eigenvalue weighted by Gasteiger charge is 2.23. The summed E-state index contributed by atoms with van der Waals surface area (Å²) in [5.74, 6) is -1.11. The largest absolute Gasteiger partial charge is 0.478 e. The van der Waals surface area contributed by atoms with Gasteiger partial charge in [-0.2, -0.15) is 0 Å². The van der Waals surface area contributed by atoms with Gasteiger partial charge in [0.2, 0.25) is 0 Å². The van der Waals surface area contributed by atoms with Gasteiger partial charge in [0, 0.05) is 24.9 Å². The first kappa shape index (κ1) is 22.3. The molecule has 1 aliphatic heterocycles. The summed E-state index contributed by atoms with van der Waals surface area (Å²) in [6.45, 7) is 4.98. The van der Waals surface area contributed by atoms with E-state index in [-0.39, 0.29) is 5.92 Å². The van der Waals surface area contributed by atoms with Gasteiger partial charge in [-0.3, -0.25) is 0 Å². The Labute approximate surface area is 196 Å². The number of hydrogen-bond donors (Lipinski definition) is 1. The number of carboxylic acids is 1. The lowest BCUT2D eigenvalue weighted by atomic mass is 9.89. The van der Waals surface area contributed by atoms with Crippen LogP contribution < -0.4 is 0 Å². The summed E-state index contributed by atoms with van der Waals surface area (Å²) >= 11 is 0. The smallest absolute Gasteiger partial charge is 0.334 e. The number of aliphatic carboxylic acids is 1. The van der Waals surface area contributed by atoms with Crippen molar-refractivity contribution in [3.05, 3.63) is 137 Å². The molecule has 1 aliphatic rings. The average Bonchev–Trinajstić information content (AvgIpc) is 2.83. The van der Waals surface area contributed by atoms with Gasteiger partial charge < -0.3 is 10.0 Å². The minimum absolute atomic E-state index is 0.231. The molecule has 0 amide bonds. The molecule has 0 fully saturated rings. The van der Waals surface area contributed by atoms with Gasteiger partial charge in [-0.25, -0.2) is 4.79 Å². The molecule has 0 saturated heterocycles. The highest BCUT2D eigenvalue weighted by Crippen LogP contribution is 2.31. The van der Waals surface area contributed by atoms with E-state index in [0.29, 0.717) is 12.1 Å². The van der Waals surface area contributed by atoms with Gasteiger partial charge in [0.05, 0.1) is 5.57 Å². The van der Waals surface area contributed by atoms with E-state index in [1.165, 1.54) is 27.8 Å². The van der Waals surface area contributed by atoms with Crippen LogP contribution in [0.1, 0.15) is 40.2 Å². The molecule has 4 rings (SSSR count). The van der Waals surface area contributed by atoms with E-state index in [9.17, 15) is 9.90 Å². The predicted octanol–water partition coefficient (Wildman–Crippen LogP) is 6.71. The molecule has 166 valence electrons. The molecule has 3 heteroatoms. The zero-order valence-electron chi connectivity index (χ0n) is 19.1. The second kappa shape index (κ2) is 10.2. The van der Waals surface area contributed by atoms with E-state index in [2.05, 4.69) is 68.5 Å². The van der Waals surface area contributed by atoms with Crippen molar-refractivity contribution >= 4 is 11.5 Å². The van der Waals surface area contributed by atoms with Crippen molar-refractivity contribution in [1.82, 2.24) is 4.90 Å². The predicted molar refractivity (Wildman–Crippen MR) is 135 cm³/mol. The molecular formula is C30H29NO2. The van der Waals surface area contributed by atoms with Crippen LogP contribution in [0.15, 0.2) is 109 Å². The van der Waals surface area contributed by atoms with Gasteiger partial charge in [0.15, 0.2) is 0 Å². The van der Waals surface area contributed by atoms with Crippen LogP contribution in [-0.4, -0.2) is 22.5 Å². The molecule has 0 bridgehead atoms. The fourth-order valence-electron chi connectivity index (χ4n) is 4.35. The minimum Gasteiger partial charge on any atom is -0.478 e. The van der Waals surface area contributed by atoms with Crippen molar-refractivity contribution < 1.29 is 9.90 Å². The number of carbonyl (C=O) groups is 1. The summed E-state index contributed by atoms with van der Waals surface area (Å²) in [5, 5.41) is 9.82. The van der Waals surface area contributed by atoms with Crippen molar-refractivity contribution in [2.24, 2.45) is 0 Å². The molecule has 1 unspecified atom stereocenters. The molecule has 1 atom stereocenters. The first-order valence-electron chi connectivity index (χ1n) is 11.3. The normalized spacial score (nSPS) is 15.2. The van der Waals surface area contributed by atoms with Crippen molar-refractivity contribution in [2.75, 3.05) is 6.54 Å². The van der Waals surface area contributed by atoms with E-state index in [4.69, 9.17) is 0 Å². The zero-order valence-corrected chi connectivity index (χ0v) is 19.1. The second-order valence-corrected chi connectivity index (χ2v) is 8.39. The maximum absolute atomic E-state index is 12.0. The van der Waals surface area contributed by atoms with E-state index < -0.39 is 5.97 Å². The lowest BCUT2D eigenvalue weighted by Crippen LogP contribution is -2.21. The van der Waals surface area contributed by atoms with Gasteiger partial charge in [-0.15, -0.1) is 0 Å². The van der Waals surface area contributed by atoms with Crippen LogP contribution in [0.3, 0.4) is 0 Å². The summed E-state index contributed by atoms with van der Waals surface area (Å²) in [6.07, 6.45) is 8.82. The Morgan fingerprint density at radius 3 is 2.03 bits per heavy atom. The number of rotatable bonds is 7. The molecule has 1 heterocycles. The molecule has 0 aliphatic carbocycles. The van der Waals surface area contributed by atoms with Crippen molar-refractivity contribution in [2.45, 2.75) is 26.2 Å². The van der Waals surface area contributed by atoms with E-state index in [0.717, 1.165) is 12.0 Å². The van der Waals surface area contributed by atoms with Crippen LogP contribution >= 0.6 is 0 Å². The van der Waals surface area contributed by atoms with Crippen LogP contribution in [0.25, 0.3) is 5.57 Å². The number of nitrogens with zero attached hydrogens (tertiary/aromatic N) is 1. The quantitative estimate of drug-likeness (QED) is 0.448. The van der Waals surface area contributed by atoms with Gasteiger partial charge in [0.25, 0.3) is 0 Å². The Balaban J connectivity index is 1.58. The fraction of sp³-hybridized carbons (Fsp3) is 0.167. The number of hydrogen-bond acceptors (Lipinski definition) is 2. The van der Waals surface area contributed by atoms with Gasteiger partial charge in [-0.05, 0) is 53.7 Å². The summed E-state index contributed by atoms with van der Waals surface area (Å²) in [5.41, 5.74) is 7.54. The summed E-state index contributed by atoms with van der Waals surface area (Å²) in [4.78, 5) is 13.9.